The van der Waals surface area contributed by atoms with Gasteiger partial charge in [0, 0.05) is 5.56 Å². The van der Waals surface area contributed by atoms with Crippen LogP contribution in [0.1, 0.15) is 23.1 Å². The van der Waals surface area contributed by atoms with Crippen molar-refractivity contribution in [2.45, 2.75) is 18.4 Å². The summed E-state index contributed by atoms with van der Waals surface area (Å²) in [6.07, 6.45) is 1.22. The normalized spacial score (nSPS) is 21.2. The van der Waals surface area contributed by atoms with Crippen LogP contribution in [0.4, 0.5) is 4.39 Å². The van der Waals surface area contributed by atoms with Crippen molar-refractivity contribution >= 4 is 0 Å². The molecule has 98 valence electrons. The SMILES string of the molecule is COc1ccccc1C1(O)CCc2cc(F)ccc21. The molecule has 0 aliphatic heterocycles. The molecule has 1 aliphatic rings. The number of aliphatic hydroxyl groups is 1. The van der Waals surface area contributed by atoms with Crippen molar-refractivity contribution < 1.29 is 14.2 Å². The van der Waals surface area contributed by atoms with Crippen molar-refractivity contribution in [3.05, 3.63) is 65.0 Å². The zero-order chi connectivity index (χ0) is 13.5. The maximum absolute atomic E-state index is 13.3. The standard InChI is InChI=1S/C16H15FO2/c1-19-15-5-3-2-4-14(15)16(18)9-8-11-10-12(17)6-7-13(11)16/h2-7,10,18H,8-9H2,1H3. The summed E-state index contributed by atoms with van der Waals surface area (Å²) < 4.78 is 18.6. The Balaban J connectivity index is 2.16. The molecule has 0 fully saturated rings. The minimum atomic E-state index is -1.09. The molecule has 1 N–H and O–H groups in total. The van der Waals surface area contributed by atoms with Crippen LogP contribution in [0.5, 0.6) is 5.75 Å². The Hall–Kier alpha value is -1.87. The molecule has 3 heteroatoms. The first-order chi connectivity index (χ1) is 9.15. The van der Waals surface area contributed by atoms with E-state index in [2.05, 4.69) is 0 Å². The molecule has 0 saturated heterocycles. The summed E-state index contributed by atoms with van der Waals surface area (Å²) in [5, 5.41) is 11.0. The average molecular weight is 258 g/mol. The van der Waals surface area contributed by atoms with Gasteiger partial charge in [-0.25, -0.2) is 4.39 Å². The van der Waals surface area contributed by atoms with Crippen LogP contribution in [0.2, 0.25) is 0 Å². The molecule has 2 aromatic carbocycles. The van der Waals surface area contributed by atoms with Crippen molar-refractivity contribution in [2.24, 2.45) is 0 Å². The molecule has 0 aromatic heterocycles. The molecule has 1 unspecified atom stereocenters. The molecule has 0 heterocycles. The molecule has 2 aromatic rings. The molecule has 3 rings (SSSR count). The fraction of sp³-hybridized carbons (Fsp3) is 0.250. The number of para-hydroxylation sites is 1. The summed E-state index contributed by atoms with van der Waals surface area (Å²) in [7, 11) is 1.59. The number of hydrogen-bond acceptors (Lipinski definition) is 2. The van der Waals surface area contributed by atoms with E-state index in [-0.39, 0.29) is 5.82 Å². The molecule has 0 bridgehead atoms. The van der Waals surface area contributed by atoms with Gasteiger partial charge in [0.05, 0.1) is 7.11 Å². The first kappa shape index (κ1) is 12.2. The van der Waals surface area contributed by atoms with Crippen LogP contribution >= 0.6 is 0 Å². The van der Waals surface area contributed by atoms with Crippen LogP contribution in [0.3, 0.4) is 0 Å². The smallest absolute Gasteiger partial charge is 0.125 e. The lowest BCUT2D eigenvalue weighted by Crippen LogP contribution is -2.24. The molecular formula is C16H15FO2. The number of hydrogen-bond donors (Lipinski definition) is 1. The fourth-order valence-electron chi connectivity index (χ4n) is 2.89. The second-order valence-electron chi connectivity index (χ2n) is 4.86. The van der Waals surface area contributed by atoms with Gasteiger partial charge in [-0.15, -0.1) is 0 Å². The van der Waals surface area contributed by atoms with Crippen molar-refractivity contribution in [3.63, 3.8) is 0 Å². The maximum Gasteiger partial charge on any atom is 0.125 e. The largest absolute Gasteiger partial charge is 0.496 e. The van der Waals surface area contributed by atoms with Crippen LogP contribution in [0.15, 0.2) is 42.5 Å². The van der Waals surface area contributed by atoms with Crippen molar-refractivity contribution in [1.29, 1.82) is 0 Å². The van der Waals surface area contributed by atoms with Gasteiger partial charge in [0.25, 0.3) is 0 Å². The Morgan fingerprint density at radius 3 is 2.74 bits per heavy atom. The van der Waals surface area contributed by atoms with Crippen LogP contribution < -0.4 is 4.74 Å². The van der Waals surface area contributed by atoms with Gasteiger partial charge in [0.2, 0.25) is 0 Å². The second kappa shape index (κ2) is 4.35. The molecular weight excluding hydrogens is 243 g/mol. The fourth-order valence-corrected chi connectivity index (χ4v) is 2.89. The highest BCUT2D eigenvalue weighted by Gasteiger charge is 2.40. The Kier molecular flexibility index (Phi) is 2.79. The van der Waals surface area contributed by atoms with E-state index in [0.717, 1.165) is 16.7 Å². The van der Waals surface area contributed by atoms with E-state index in [0.29, 0.717) is 18.6 Å². The number of rotatable bonds is 2. The van der Waals surface area contributed by atoms with Gasteiger partial charge >= 0.3 is 0 Å². The number of ether oxygens (including phenoxy) is 1. The van der Waals surface area contributed by atoms with Crippen molar-refractivity contribution in [1.82, 2.24) is 0 Å². The van der Waals surface area contributed by atoms with E-state index < -0.39 is 5.60 Å². The number of benzene rings is 2. The number of halogens is 1. The number of fused-ring (bicyclic) bond motifs is 1. The summed E-state index contributed by atoms with van der Waals surface area (Å²) in [6.45, 7) is 0. The highest BCUT2D eigenvalue weighted by molar-refractivity contribution is 5.50. The van der Waals surface area contributed by atoms with Gasteiger partial charge in [-0.2, -0.15) is 0 Å². The molecule has 1 aliphatic carbocycles. The summed E-state index contributed by atoms with van der Waals surface area (Å²) in [4.78, 5) is 0. The Labute approximate surface area is 111 Å². The molecule has 0 amide bonds. The quantitative estimate of drug-likeness (QED) is 0.897. The number of aryl methyl sites for hydroxylation is 1. The maximum atomic E-state index is 13.3. The van der Waals surface area contributed by atoms with E-state index in [1.165, 1.54) is 12.1 Å². The molecule has 19 heavy (non-hydrogen) atoms. The lowest BCUT2D eigenvalue weighted by atomic mass is 9.87. The monoisotopic (exact) mass is 258 g/mol. The average Bonchev–Trinajstić information content (AvgIpc) is 2.77. The predicted molar refractivity (Wildman–Crippen MR) is 70.7 cm³/mol. The lowest BCUT2D eigenvalue weighted by molar-refractivity contribution is 0.0799. The topological polar surface area (TPSA) is 29.5 Å². The highest BCUT2D eigenvalue weighted by Crippen LogP contribution is 2.45. The summed E-state index contributed by atoms with van der Waals surface area (Å²) in [5.41, 5.74) is 1.30. The predicted octanol–water partition coefficient (Wildman–Crippen LogP) is 3.02. The van der Waals surface area contributed by atoms with E-state index in [1.807, 2.05) is 24.3 Å². The molecule has 0 radical (unpaired) electrons. The molecule has 1 atom stereocenters. The van der Waals surface area contributed by atoms with Crippen LogP contribution in [-0.4, -0.2) is 12.2 Å². The van der Waals surface area contributed by atoms with E-state index in [1.54, 1.807) is 13.2 Å². The first-order valence-electron chi connectivity index (χ1n) is 6.30. The molecule has 2 nitrogen and oxygen atoms in total. The third kappa shape index (κ3) is 1.81. The third-order valence-corrected chi connectivity index (χ3v) is 3.82. The Bertz CT molecular complexity index is 624. The number of methoxy groups -OCH3 is 1. The van der Waals surface area contributed by atoms with Crippen molar-refractivity contribution in [3.8, 4) is 5.75 Å². The Morgan fingerprint density at radius 2 is 1.95 bits per heavy atom. The van der Waals surface area contributed by atoms with E-state index in [4.69, 9.17) is 4.74 Å². The summed E-state index contributed by atoms with van der Waals surface area (Å²) >= 11 is 0. The second-order valence-corrected chi connectivity index (χ2v) is 4.86. The van der Waals surface area contributed by atoms with Gasteiger partial charge < -0.3 is 9.84 Å². The van der Waals surface area contributed by atoms with Gasteiger partial charge in [0.15, 0.2) is 0 Å². The van der Waals surface area contributed by atoms with Crippen LogP contribution in [-0.2, 0) is 12.0 Å². The van der Waals surface area contributed by atoms with Crippen LogP contribution in [0.25, 0.3) is 0 Å². The van der Waals surface area contributed by atoms with Gasteiger partial charge in [-0.1, -0.05) is 24.3 Å². The van der Waals surface area contributed by atoms with Gasteiger partial charge in [0.1, 0.15) is 17.2 Å². The zero-order valence-electron chi connectivity index (χ0n) is 10.7. The molecule has 0 spiro atoms. The highest BCUT2D eigenvalue weighted by atomic mass is 19.1. The Morgan fingerprint density at radius 1 is 1.16 bits per heavy atom. The zero-order valence-corrected chi connectivity index (χ0v) is 10.7. The van der Waals surface area contributed by atoms with E-state index in [9.17, 15) is 9.50 Å². The van der Waals surface area contributed by atoms with Crippen molar-refractivity contribution in [2.75, 3.05) is 7.11 Å². The minimum absolute atomic E-state index is 0.261. The van der Waals surface area contributed by atoms with Gasteiger partial charge in [-0.3, -0.25) is 0 Å². The first-order valence-corrected chi connectivity index (χ1v) is 6.30. The molecule has 0 saturated carbocycles. The summed E-state index contributed by atoms with van der Waals surface area (Å²) in [6, 6.07) is 12.0. The van der Waals surface area contributed by atoms with Gasteiger partial charge in [-0.05, 0) is 42.2 Å². The summed E-state index contributed by atoms with van der Waals surface area (Å²) in [5.74, 6) is 0.394. The van der Waals surface area contributed by atoms with E-state index >= 15 is 0 Å². The third-order valence-electron chi connectivity index (χ3n) is 3.82. The minimum Gasteiger partial charge on any atom is -0.496 e. The lowest BCUT2D eigenvalue weighted by Gasteiger charge is -2.26. The van der Waals surface area contributed by atoms with Crippen LogP contribution in [0, 0.1) is 5.82 Å².